The van der Waals surface area contributed by atoms with Crippen LogP contribution in [0.1, 0.15) is 36.2 Å². The van der Waals surface area contributed by atoms with Gasteiger partial charge in [-0.1, -0.05) is 6.07 Å². The minimum absolute atomic E-state index is 0.00113. The zero-order valence-electron chi connectivity index (χ0n) is 17.4. The third kappa shape index (κ3) is 4.70. The summed E-state index contributed by atoms with van der Waals surface area (Å²) in [4.78, 5) is 36.1. The minimum atomic E-state index is -0.166. The van der Waals surface area contributed by atoms with Gasteiger partial charge in [-0.3, -0.25) is 9.78 Å². The molecule has 2 fully saturated rings. The molecule has 2 amide bonds. The fourth-order valence-corrected chi connectivity index (χ4v) is 4.26. The predicted octanol–water partition coefficient (Wildman–Crippen LogP) is 1.71. The number of likely N-dealkylation sites (tertiary alicyclic amines) is 2. The highest BCUT2D eigenvalue weighted by Gasteiger charge is 2.37. The van der Waals surface area contributed by atoms with Gasteiger partial charge >= 0.3 is 6.03 Å². The number of pyridine rings is 1. The minimum Gasteiger partial charge on any atom is -0.336 e. The van der Waals surface area contributed by atoms with Gasteiger partial charge < -0.3 is 20.0 Å². The van der Waals surface area contributed by atoms with E-state index >= 15 is 0 Å². The number of piperidine rings is 2. The number of hydrogen-bond acceptors (Lipinski definition) is 5. The van der Waals surface area contributed by atoms with E-state index in [0.717, 1.165) is 38.8 Å². The lowest BCUT2D eigenvalue weighted by molar-refractivity contribution is 0.0648. The second-order valence-corrected chi connectivity index (χ2v) is 8.45. The number of nitrogens with zero attached hydrogens (tertiary/aromatic N) is 4. The normalized spacial score (nSPS) is 22.9. The first-order chi connectivity index (χ1) is 13.4. The molecule has 0 bridgehead atoms. The molecule has 7 nitrogen and oxygen atoms in total. The number of aromatic nitrogens is 1. The van der Waals surface area contributed by atoms with Crippen molar-refractivity contribution in [2.45, 2.75) is 31.2 Å². The molecule has 1 aromatic rings. The van der Waals surface area contributed by atoms with Crippen LogP contribution in [-0.2, 0) is 0 Å². The van der Waals surface area contributed by atoms with Gasteiger partial charge in [0.05, 0.1) is 0 Å². The van der Waals surface area contributed by atoms with Crippen molar-refractivity contribution < 1.29 is 9.59 Å². The number of hydrogen-bond donors (Lipinski definition) is 1. The average molecular weight is 388 g/mol. The lowest BCUT2D eigenvalue weighted by Gasteiger charge is -2.46. The number of ketones is 1. The van der Waals surface area contributed by atoms with Crippen molar-refractivity contribution in [2.75, 3.05) is 53.9 Å². The first-order valence-electron chi connectivity index (χ1n) is 10.3. The maximum atomic E-state index is 12.8. The summed E-state index contributed by atoms with van der Waals surface area (Å²) in [5, 5.41) is 3.16. The molecule has 2 aliphatic rings. The standard InChI is InChI=1S/C21H33N5O2/c1-24(2)21(9-13-25(3)14-10-21)16-23-20(28)26-12-6-7-17(15-26)19(27)18-8-4-5-11-22-18/h4-5,8,11,17H,6-7,9-10,12-16H2,1-3H3,(H,23,28)/t17-/m0/s1. The van der Waals surface area contributed by atoms with Crippen LogP contribution in [0.25, 0.3) is 0 Å². The van der Waals surface area contributed by atoms with Crippen molar-refractivity contribution in [1.82, 2.24) is 25.0 Å². The molecule has 154 valence electrons. The molecule has 0 aromatic carbocycles. The van der Waals surface area contributed by atoms with Crippen molar-refractivity contribution in [2.24, 2.45) is 5.92 Å². The van der Waals surface area contributed by atoms with E-state index in [1.807, 2.05) is 6.07 Å². The fraction of sp³-hybridized carbons (Fsp3) is 0.667. The Kier molecular flexibility index (Phi) is 6.67. The first-order valence-corrected chi connectivity index (χ1v) is 10.3. The first kappa shape index (κ1) is 20.7. The summed E-state index contributed by atoms with van der Waals surface area (Å²) >= 11 is 0. The van der Waals surface area contributed by atoms with Crippen LogP contribution in [-0.4, -0.2) is 90.9 Å². The summed E-state index contributed by atoms with van der Waals surface area (Å²) in [6.07, 6.45) is 5.38. The number of nitrogens with one attached hydrogen (secondary N) is 1. The SMILES string of the molecule is CN1CCC(CNC(=O)N2CCC[C@H](C(=O)c3ccccn3)C2)(N(C)C)CC1. The molecular formula is C21H33N5O2. The van der Waals surface area contributed by atoms with Crippen LogP contribution >= 0.6 is 0 Å². The largest absolute Gasteiger partial charge is 0.336 e. The predicted molar refractivity (Wildman–Crippen MR) is 109 cm³/mol. The Morgan fingerprint density at radius 2 is 2.00 bits per heavy atom. The van der Waals surface area contributed by atoms with Crippen LogP contribution in [0.4, 0.5) is 4.79 Å². The van der Waals surface area contributed by atoms with Gasteiger partial charge in [-0.2, -0.15) is 0 Å². The lowest BCUT2D eigenvalue weighted by Crippen LogP contribution is -2.59. The molecule has 2 aliphatic heterocycles. The van der Waals surface area contributed by atoms with E-state index in [1.165, 1.54) is 0 Å². The zero-order valence-corrected chi connectivity index (χ0v) is 17.4. The quantitative estimate of drug-likeness (QED) is 0.779. The molecule has 3 heterocycles. The molecule has 1 atom stereocenters. The number of rotatable bonds is 5. The van der Waals surface area contributed by atoms with Gasteiger partial charge in [0.15, 0.2) is 5.78 Å². The average Bonchev–Trinajstić information content (AvgIpc) is 2.73. The molecule has 2 saturated heterocycles. The number of amides is 2. The summed E-state index contributed by atoms with van der Waals surface area (Å²) in [6.45, 7) is 3.90. The topological polar surface area (TPSA) is 68.8 Å². The number of likely N-dealkylation sites (N-methyl/N-ethyl adjacent to an activating group) is 1. The molecule has 0 radical (unpaired) electrons. The molecule has 0 spiro atoms. The molecule has 0 saturated carbocycles. The van der Waals surface area contributed by atoms with Crippen LogP contribution in [0.15, 0.2) is 24.4 Å². The number of Topliss-reactive ketones (excluding diaryl/α,β-unsaturated/α-hetero) is 1. The second-order valence-electron chi connectivity index (χ2n) is 8.45. The highest BCUT2D eigenvalue weighted by Crippen LogP contribution is 2.26. The van der Waals surface area contributed by atoms with Crippen molar-refractivity contribution >= 4 is 11.8 Å². The molecule has 28 heavy (non-hydrogen) atoms. The second kappa shape index (κ2) is 9.01. The third-order valence-corrected chi connectivity index (χ3v) is 6.43. The van der Waals surface area contributed by atoms with E-state index < -0.39 is 0 Å². The number of urea groups is 1. The van der Waals surface area contributed by atoms with Crippen LogP contribution in [0.2, 0.25) is 0 Å². The van der Waals surface area contributed by atoms with Gasteiger partial charge in [0.1, 0.15) is 5.69 Å². The van der Waals surface area contributed by atoms with Gasteiger partial charge in [-0.05, 0) is 72.0 Å². The van der Waals surface area contributed by atoms with Crippen molar-refractivity contribution in [3.05, 3.63) is 30.1 Å². The van der Waals surface area contributed by atoms with Gasteiger partial charge in [0, 0.05) is 37.3 Å². The summed E-state index contributed by atoms with van der Waals surface area (Å²) in [5.74, 6) is -0.126. The highest BCUT2D eigenvalue weighted by atomic mass is 16.2. The van der Waals surface area contributed by atoms with Crippen molar-refractivity contribution in [3.63, 3.8) is 0 Å². The van der Waals surface area contributed by atoms with E-state index in [9.17, 15) is 9.59 Å². The van der Waals surface area contributed by atoms with E-state index in [2.05, 4.69) is 41.2 Å². The van der Waals surface area contributed by atoms with Crippen LogP contribution in [0.5, 0.6) is 0 Å². The zero-order chi connectivity index (χ0) is 20.1. The van der Waals surface area contributed by atoms with Crippen LogP contribution < -0.4 is 5.32 Å². The molecule has 0 unspecified atom stereocenters. The van der Waals surface area contributed by atoms with Crippen LogP contribution in [0.3, 0.4) is 0 Å². The smallest absolute Gasteiger partial charge is 0.317 e. The Bertz CT molecular complexity index is 671. The van der Waals surface area contributed by atoms with E-state index in [1.54, 1.807) is 23.2 Å². The Morgan fingerprint density at radius 1 is 1.25 bits per heavy atom. The highest BCUT2D eigenvalue weighted by molar-refractivity contribution is 5.96. The summed E-state index contributed by atoms with van der Waals surface area (Å²) in [6, 6.07) is 5.33. The summed E-state index contributed by atoms with van der Waals surface area (Å²) in [7, 11) is 6.34. The van der Waals surface area contributed by atoms with E-state index in [4.69, 9.17) is 0 Å². The van der Waals surface area contributed by atoms with Gasteiger partial charge in [-0.15, -0.1) is 0 Å². The molecule has 7 heteroatoms. The Hall–Kier alpha value is -1.99. The maximum Gasteiger partial charge on any atom is 0.317 e. The molecule has 1 aromatic heterocycles. The monoisotopic (exact) mass is 387 g/mol. The molecule has 3 rings (SSSR count). The molecule has 0 aliphatic carbocycles. The van der Waals surface area contributed by atoms with E-state index in [0.29, 0.717) is 25.3 Å². The number of carbonyl (C=O) groups is 2. The Labute approximate surface area is 168 Å². The summed E-state index contributed by atoms with van der Waals surface area (Å²) < 4.78 is 0. The van der Waals surface area contributed by atoms with Gasteiger partial charge in [-0.25, -0.2) is 4.79 Å². The maximum absolute atomic E-state index is 12.8. The Balaban J connectivity index is 1.57. The fourth-order valence-electron chi connectivity index (χ4n) is 4.26. The summed E-state index contributed by atoms with van der Waals surface area (Å²) in [5.41, 5.74) is 0.494. The van der Waals surface area contributed by atoms with E-state index in [-0.39, 0.29) is 23.3 Å². The molecular weight excluding hydrogens is 354 g/mol. The molecule has 1 N–H and O–H groups in total. The van der Waals surface area contributed by atoms with Gasteiger partial charge in [0.25, 0.3) is 0 Å². The van der Waals surface area contributed by atoms with Crippen LogP contribution in [0, 0.1) is 5.92 Å². The van der Waals surface area contributed by atoms with Crippen molar-refractivity contribution in [1.29, 1.82) is 0 Å². The van der Waals surface area contributed by atoms with Crippen molar-refractivity contribution in [3.8, 4) is 0 Å². The third-order valence-electron chi connectivity index (χ3n) is 6.43. The Morgan fingerprint density at radius 3 is 2.64 bits per heavy atom. The number of carbonyl (C=O) groups excluding carboxylic acids is 2. The lowest BCUT2D eigenvalue weighted by atomic mass is 9.86. The van der Waals surface area contributed by atoms with Gasteiger partial charge in [0.2, 0.25) is 0 Å².